The van der Waals surface area contributed by atoms with Crippen molar-refractivity contribution >= 4 is 68.2 Å². The number of nitrogens with zero attached hydrogens (tertiary/aromatic N) is 1. The van der Waals surface area contributed by atoms with Crippen molar-refractivity contribution in [3.8, 4) is 0 Å². The minimum atomic E-state index is -3.85. The fraction of sp³-hybridized carbons (Fsp3) is 0.133. The molecule has 0 aliphatic carbocycles. The van der Waals surface area contributed by atoms with Gasteiger partial charge in [0.1, 0.15) is 5.37 Å². The van der Waals surface area contributed by atoms with Crippen LogP contribution in [0.1, 0.15) is 32.4 Å². The van der Waals surface area contributed by atoms with Gasteiger partial charge in [0.2, 0.25) is 5.91 Å². The van der Waals surface area contributed by atoms with E-state index in [1.165, 1.54) is 24.3 Å². The molecule has 4 aromatic carbocycles. The summed E-state index contributed by atoms with van der Waals surface area (Å²) in [4.78, 5) is 27.3. The van der Waals surface area contributed by atoms with Crippen molar-refractivity contribution in [2.75, 3.05) is 15.8 Å². The Bertz CT molecular complexity index is 1700. The molecule has 1 saturated heterocycles. The maximum Gasteiger partial charge on any atom is 0.261 e. The Morgan fingerprint density at radius 1 is 0.927 bits per heavy atom. The SMILES string of the molecule is Cc1ccc(Cl)cc1NS(=O)(=O)c1ccc(NC(=O)c2ccc([C@@H]3SCC(=O)N3Cc3ccc(Cl)cc3)cc2)cc1. The Balaban J connectivity index is 1.23. The van der Waals surface area contributed by atoms with Gasteiger partial charge >= 0.3 is 0 Å². The fourth-order valence-electron chi connectivity index (χ4n) is 4.32. The van der Waals surface area contributed by atoms with E-state index in [0.717, 1.165) is 16.7 Å². The fourth-order valence-corrected chi connectivity index (χ4v) is 6.92. The number of aryl methyl sites for hydroxylation is 1. The molecule has 4 aromatic rings. The highest BCUT2D eigenvalue weighted by Crippen LogP contribution is 2.39. The minimum Gasteiger partial charge on any atom is -0.322 e. The molecule has 2 N–H and O–H groups in total. The Hall–Kier alpha value is -3.50. The molecule has 1 heterocycles. The smallest absolute Gasteiger partial charge is 0.261 e. The number of hydrogen-bond donors (Lipinski definition) is 2. The van der Waals surface area contributed by atoms with Crippen molar-refractivity contribution in [2.45, 2.75) is 23.7 Å². The third-order valence-electron chi connectivity index (χ3n) is 6.56. The van der Waals surface area contributed by atoms with Crippen LogP contribution in [0.25, 0.3) is 0 Å². The average Bonchev–Trinajstić information content (AvgIpc) is 3.31. The normalized spacial score (nSPS) is 15.1. The molecule has 0 bridgehead atoms. The van der Waals surface area contributed by atoms with Gasteiger partial charge in [0.15, 0.2) is 0 Å². The van der Waals surface area contributed by atoms with E-state index in [-0.39, 0.29) is 22.1 Å². The van der Waals surface area contributed by atoms with Crippen LogP contribution in [-0.4, -0.2) is 30.9 Å². The number of hydrogen-bond acceptors (Lipinski definition) is 5. The third kappa shape index (κ3) is 6.87. The predicted molar refractivity (Wildman–Crippen MR) is 165 cm³/mol. The molecule has 0 radical (unpaired) electrons. The first-order valence-corrected chi connectivity index (χ1v) is 15.8. The maximum atomic E-state index is 12.9. The number of amides is 2. The summed E-state index contributed by atoms with van der Waals surface area (Å²) in [5.74, 6) is 0.105. The Labute approximate surface area is 252 Å². The van der Waals surface area contributed by atoms with E-state index < -0.39 is 10.0 Å². The number of rotatable bonds is 8. The lowest BCUT2D eigenvalue weighted by molar-refractivity contribution is -0.128. The Morgan fingerprint density at radius 3 is 2.27 bits per heavy atom. The quantitative estimate of drug-likeness (QED) is 0.217. The minimum absolute atomic E-state index is 0.0472. The van der Waals surface area contributed by atoms with E-state index in [4.69, 9.17) is 23.2 Å². The van der Waals surface area contributed by atoms with Crippen molar-refractivity contribution in [2.24, 2.45) is 0 Å². The molecular formula is C30H25Cl2N3O4S2. The lowest BCUT2D eigenvalue weighted by Gasteiger charge is -2.24. The van der Waals surface area contributed by atoms with Gasteiger partial charge in [0, 0.05) is 27.8 Å². The predicted octanol–water partition coefficient (Wildman–Crippen LogP) is 7.13. The van der Waals surface area contributed by atoms with Gasteiger partial charge in [-0.3, -0.25) is 14.3 Å². The zero-order valence-electron chi connectivity index (χ0n) is 21.8. The van der Waals surface area contributed by atoms with Crippen LogP contribution in [0.3, 0.4) is 0 Å². The molecule has 2 amide bonds. The first-order valence-electron chi connectivity index (χ1n) is 12.5. The highest BCUT2D eigenvalue weighted by Gasteiger charge is 2.32. The zero-order chi connectivity index (χ0) is 29.1. The second-order valence-electron chi connectivity index (χ2n) is 9.48. The molecule has 1 aliphatic rings. The number of sulfonamides is 1. The van der Waals surface area contributed by atoms with Crippen LogP contribution in [0.4, 0.5) is 11.4 Å². The number of nitrogens with one attached hydrogen (secondary N) is 2. The summed E-state index contributed by atoms with van der Waals surface area (Å²) < 4.78 is 28.2. The van der Waals surface area contributed by atoms with E-state index in [0.29, 0.717) is 39.3 Å². The second kappa shape index (κ2) is 12.2. The van der Waals surface area contributed by atoms with Gasteiger partial charge in [-0.25, -0.2) is 8.42 Å². The molecule has 1 fully saturated rings. The molecule has 41 heavy (non-hydrogen) atoms. The van der Waals surface area contributed by atoms with Crippen LogP contribution in [-0.2, 0) is 21.4 Å². The molecule has 1 atom stereocenters. The van der Waals surface area contributed by atoms with Crippen LogP contribution in [0.5, 0.6) is 0 Å². The third-order valence-corrected chi connectivity index (χ3v) is 9.68. The topological polar surface area (TPSA) is 95.6 Å². The Kier molecular flexibility index (Phi) is 8.60. The van der Waals surface area contributed by atoms with Gasteiger partial charge in [-0.15, -0.1) is 11.8 Å². The monoisotopic (exact) mass is 625 g/mol. The molecule has 7 nitrogen and oxygen atoms in total. The van der Waals surface area contributed by atoms with Gasteiger partial charge in [-0.05, 0) is 84.3 Å². The highest BCUT2D eigenvalue weighted by atomic mass is 35.5. The van der Waals surface area contributed by atoms with E-state index in [1.54, 1.807) is 61.2 Å². The van der Waals surface area contributed by atoms with E-state index in [1.807, 2.05) is 29.2 Å². The molecule has 0 unspecified atom stereocenters. The van der Waals surface area contributed by atoms with Gasteiger partial charge in [0.25, 0.3) is 15.9 Å². The van der Waals surface area contributed by atoms with E-state index >= 15 is 0 Å². The first kappa shape index (κ1) is 29.0. The van der Waals surface area contributed by atoms with Crippen LogP contribution >= 0.6 is 35.0 Å². The standard InChI is InChI=1S/C30H25Cl2N3O4S2/c1-19-2-9-24(32)16-27(19)34-41(38,39)26-14-12-25(13-15-26)33-29(37)21-5-7-22(8-6-21)30-35(28(36)18-40-30)17-20-3-10-23(31)11-4-20/h2-16,30,34H,17-18H2,1H3,(H,33,37)/t30-/m0/s1. The number of carbonyl (C=O) groups is 2. The van der Waals surface area contributed by atoms with Crippen LogP contribution in [0.2, 0.25) is 10.0 Å². The van der Waals surface area contributed by atoms with Crippen LogP contribution in [0, 0.1) is 6.92 Å². The number of thioether (sulfide) groups is 1. The summed E-state index contributed by atoms with van der Waals surface area (Å²) in [6.07, 6.45) is 0. The van der Waals surface area contributed by atoms with Crippen molar-refractivity contribution in [3.63, 3.8) is 0 Å². The van der Waals surface area contributed by atoms with Crippen molar-refractivity contribution in [3.05, 3.63) is 123 Å². The summed E-state index contributed by atoms with van der Waals surface area (Å²) in [7, 11) is -3.85. The van der Waals surface area contributed by atoms with Gasteiger partial charge in [-0.2, -0.15) is 0 Å². The number of carbonyl (C=O) groups excluding carboxylic acids is 2. The number of halogens is 2. The van der Waals surface area contributed by atoms with Gasteiger partial charge < -0.3 is 10.2 Å². The lowest BCUT2D eigenvalue weighted by atomic mass is 10.1. The summed E-state index contributed by atoms with van der Waals surface area (Å²) in [5, 5.41) is 3.70. The van der Waals surface area contributed by atoms with Crippen molar-refractivity contribution < 1.29 is 18.0 Å². The average molecular weight is 627 g/mol. The molecule has 0 saturated carbocycles. The van der Waals surface area contributed by atoms with Crippen molar-refractivity contribution in [1.29, 1.82) is 0 Å². The van der Waals surface area contributed by atoms with E-state index in [9.17, 15) is 18.0 Å². The molecule has 1 aliphatic heterocycles. The molecule has 0 aromatic heterocycles. The summed E-state index contributed by atoms with van der Waals surface area (Å²) in [6, 6.07) is 25.4. The zero-order valence-corrected chi connectivity index (χ0v) is 24.9. The molecule has 0 spiro atoms. The second-order valence-corrected chi connectivity index (χ2v) is 13.1. The van der Waals surface area contributed by atoms with E-state index in [2.05, 4.69) is 10.0 Å². The molecule has 5 rings (SSSR count). The summed E-state index contributed by atoms with van der Waals surface area (Å²) in [6.45, 7) is 2.25. The highest BCUT2D eigenvalue weighted by molar-refractivity contribution is 8.00. The maximum absolute atomic E-state index is 12.9. The lowest BCUT2D eigenvalue weighted by Crippen LogP contribution is -2.27. The molecule has 11 heteroatoms. The molecular weight excluding hydrogens is 601 g/mol. The summed E-state index contributed by atoms with van der Waals surface area (Å²) >= 11 is 13.5. The summed E-state index contributed by atoms with van der Waals surface area (Å²) in [5.41, 5.74) is 3.92. The molecule has 210 valence electrons. The number of anilines is 2. The first-order chi connectivity index (χ1) is 19.6. The van der Waals surface area contributed by atoms with Crippen LogP contribution < -0.4 is 10.0 Å². The van der Waals surface area contributed by atoms with Gasteiger partial charge in [0.05, 0.1) is 16.3 Å². The number of benzene rings is 4. The van der Waals surface area contributed by atoms with Gasteiger partial charge in [-0.1, -0.05) is 53.5 Å². The van der Waals surface area contributed by atoms with Crippen LogP contribution in [0.15, 0.2) is 95.9 Å². The largest absolute Gasteiger partial charge is 0.322 e. The van der Waals surface area contributed by atoms with Crippen molar-refractivity contribution in [1.82, 2.24) is 4.90 Å². The Morgan fingerprint density at radius 2 is 1.59 bits per heavy atom.